The molecule has 7 aliphatic rings. The number of nitrogens with zero attached hydrogens (tertiary/aromatic N) is 9. The number of likely N-dealkylation sites (tertiary alicyclic amines) is 4. The van der Waals surface area contributed by atoms with Crippen LogP contribution in [-0.4, -0.2) is 225 Å². The van der Waals surface area contributed by atoms with Gasteiger partial charge in [-0.3, -0.25) is 57.9 Å². The Morgan fingerprint density at radius 2 is 0.689 bits per heavy atom. The summed E-state index contributed by atoms with van der Waals surface area (Å²) in [5, 5.41) is 94.7. The van der Waals surface area contributed by atoms with Crippen molar-refractivity contribution in [2.24, 2.45) is 58.2 Å². The molecule has 652 valence electrons. The van der Waals surface area contributed by atoms with Crippen molar-refractivity contribution in [3.63, 3.8) is 0 Å². The third kappa shape index (κ3) is 38.5. The minimum Gasteiger partial charge on any atom is -0.481 e. The van der Waals surface area contributed by atoms with Gasteiger partial charge in [-0.1, -0.05) is 108 Å². The molecule has 0 unspecified atom stereocenters. The van der Waals surface area contributed by atoms with E-state index < -0.39 is 47.1 Å². The molecule has 1 amide bonds. The number of carbonyl (C=O) groups excluding carboxylic acids is 6. The van der Waals surface area contributed by atoms with Crippen molar-refractivity contribution in [3.8, 4) is 24.3 Å². The number of carbonyl (C=O) groups is 10. The van der Waals surface area contributed by atoms with E-state index in [1.54, 1.807) is 60.7 Å². The number of nitrogens with one attached hydrogen (secondary N) is 3. The minimum atomic E-state index is -0.864. The van der Waals surface area contributed by atoms with Crippen molar-refractivity contribution in [2.45, 2.75) is 105 Å². The van der Waals surface area contributed by atoms with E-state index in [9.17, 15) is 47.9 Å². The van der Waals surface area contributed by atoms with Crippen molar-refractivity contribution < 1.29 is 97.7 Å². The topological polar surface area (TPSA) is 538 Å². The lowest BCUT2D eigenvalue weighted by Crippen LogP contribution is -2.53. The molecule has 7 fully saturated rings. The number of amidine groups is 1. The number of amides is 1. The van der Waals surface area contributed by atoms with Gasteiger partial charge >= 0.3 is 47.9 Å². The first-order valence-electron chi connectivity index (χ1n) is 38.9. The zero-order chi connectivity index (χ0) is 90.7. The summed E-state index contributed by atoms with van der Waals surface area (Å²) in [5.74, 6) is -0.461. The van der Waals surface area contributed by atoms with Gasteiger partial charge in [0.2, 0.25) is 0 Å². The average molecular weight is 1680 g/mol. The summed E-state index contributed by atoms with van der Waals surface area (Å²) in [7, 11) is 0. The highest BCUT2D eigenvalue weighted by Crippen LogP contribution is 2.26. The Hall–Kier alpha value is -12.9. The number of hydrogen-bond donors (Lipinski definition) is 11. The molecule has 7 heterocycles. The van der Waals surface area contributed by atoms with Gasteiger partial charge in [0.25, 0.3) is 0 Å². The zero-order valence-corrected chi connectivity index (χ0v) is 69.9. The number of ether oxygens (including phenoxy) is 4. The number of rotatable bonds is 18. The Labute approximate surface area is 709 Å². The van der Waals surface area contributed by atoms with Crippen molar-refractivity contribution in [2.75, 3.05) is 91.6 Å². The van der Waals surface area contributed by atoms with E-state index in [0.717, 1.165) is 93.7 Å². The van der Waals surface area contributed by atoms with Crippen molar-refractivity contribution in [1.82, 2.24) is 35.6 Å². The van der Waals surface area contributed by atoms with E-state index in [0.29, 0.717) is 78.2 Å². The molecule has 0 saturated carbocycles. The lowest BCUT2D eigenvalue weighted by molar-refractivity contribution is -0.167. The van der Waals surface area contributed by atoms with Gasteiger partial charge in [0.1, 0.15) is 36.0 Å². The Morgan fingerprint density at radius 3 is 0.943 bits per heavy atom. The Bertz CT molecular complexity index is 4450. The third-order valence-corrected chi connectivity index (χ3v) is 18.3. The minimum absolute atomic E-state index is 0.00685. The number of aldehydes is 2. The summed E-state index contributed by atoms with van der Waals surface area (Å²) in [6, 6.07) is 52.8. The van der Waals surface area contributed by atoms with Crippen LogP contribution in [0.5, 0.6) is 0 Å². The molecule has 0 bridgehead atoms. The second kappa shape index (κ2) is 51.6. The number of nitriles is 4. The van der Waals surface area contributed by atoms with Crippen LogP contribution in [0.25, 0.3) is 0 Å². The molecular formula is C88H110N14O20. The highest BCUT2D eigenvalue weighted by atomic mass is 16.6. The van der Waals surface area contributed by atoms with E-state index in [4.69, 9.17) is 76.6 Å². The fourth-order valence-electron chi connectivity index (χ4n) is 10.9. The predicted octanol–water partition coefficient (Wildman–Crippen LogP) is 7.50. The van der Waals surface area contributed by atoms with E-state index in [1.165, 1.54) is 4.90 Å². The Balaban J connectivity index is 0.000000294. The summed E-state index contributed by atoms with van der Waals surface area (Å²) in [5.41, 5.74) is 13.0. The molecule has 13 rings (SSSR count). The number of esters is 3. The van der Waals surface area contributed by atoms with Gasteiger partial charge in [-0.15, -0.1) is 0 Å². The number of aliphatic carboxylic acids is 4. The third-order valence-electron chi connectivity index (χ3n) is 18.3. The predicted molar refractivity (Wildman–Crippen MR) is 445 cm³/mol. The monoisotopic (exact) mass is 1680 g/mol. The van der Waals surface area contributed by atoms with Crippen molar-refractivity contribution >= 4 is 66.3 Å². The van der Waals surface area contributed by atoms with Gasteiger partial charge in [-0.25, -0.2) is 10.7 Å². The number of carboxylic acid groups (broad SMARTS) is 4. The van der Waals surface area contributed by atoms with E-state index in [1.807, 2.05) is 165 Å². The summed E-state index contributed by atoms with van der Waals surface area (Å²) in [6.07, 6.45) is 1.05. The molecule has 122 heavy (non-hydrogen) atoms. The van der Waals surface area contributed by atoms with Crippen LogP contribution in [0.3, 0.4) is 0 Å². The lowest BCUT2D eigenvalue weighted by Gasteiger charge is -2.38. The molecule has 13 N–H and O–H groups in total. The van der Waals surface area contributed by atoms with Crippen LogP contribution in [-0.2, 0) is 78.8 Å². The molecule has 34 heteroatoms. The molecule has 0 radical (unpaired) electrons. The quantitative estimate of drug-likeness (QED) is 0.00754. The molecule has 7 aliphatic heterocycles. The van der Waals surface area contributed by atoms with Crippen LogP contribution in [0, 0.1) is 86.7 Å². The van der Waals surface area contributed by atoms with Crippen LogP contribution >= 0.6 is 0 Å². The van der Waals surface area contributed by atoms with E-state index in [-0.39, 0.29) is 84.5 Å². The molecule has 34 nitrogen and oxygen atoms in total. The number of nitrogens with two attached hydrogens (primary N) is 2. The van der Waals surface area contributed by atoms with Crippen LogP contribution in [0.15, 0.2) is 157 Å². The summed E-state index contributed by atoms with van der Waals surface area (Å²) < 4.78 is 21.0. The smallest absolute Gasteiger partial charge is 0.410 e. The Morgan fingerprint density at radius 1 is 0.410 bits per heavy atom. The molecule has 7 saturated heterocycles. The zero-order valence-electron chi connectivity index (χ0n) is 69.9. The average Bonchev–Trinajstić information content (AvgIpc) is 0.845. The Kier molecular flexibility index (Phi) is 42.9. The normalized spacial score (nSPS) is 15.6. The standard InChI is InChI=1S/C16H23N3O3.C16H20N2O2.C12H12N2O2.C12H13NO4.C8H15NO2.2C8H5NO.2C4H7NO2.H3NO/c1-16(2,3)22-15(20)13-9-19(10-13)8-11-4-6-12(7-5-11)14(17)18-21;1-16(2,3)20-15(19)14-10-18(11-14)9-13-6-4-12(8-17)5-7-13;13-5-9-1-3-10(4-2-9)6-14-7-11(8-14)12(15)16;14-11(15)10-6-13(7-10)12(16)17-8-9-4-2-1-3-5-9;1-8(2,3)11-7(10)6-4-9-5-6;2*9-5-7-1-3-8(6-10)4-2-7;2*6-4(7)3-1-5-2-3;1-2/h4-7,13,21H,8-10H2,1-3H3,(H2,17,18);4-7,14H,9-11H2,1-3H3;1-4,11H,6-8H2,(H,15,16);1-5,10H,6-8H2,(H,14,15);6,9H,4-5H2,1-3H3;2*1-4,6H;2*3,5H,1-2H2,(H,6,7);2H,1H2. The molecule has 0 atom stereocenters. The van der Waals surface area contributed by atoms with Gasteiger partial charge in [-0.2, -0.15) is 21.0 Å². The number of carboxylic acids is 4. The van der Waals surface area contributed by atoms with Crippen LogP contribution in [0.2, 0.25) is 0 Å². The van der Waals surface area contributed by atoms with Gasteiger partial charge in [0.15, 0.2) is 5.84 Å². The number of oxime groups is 1. The lowest BCUT2D eigenvalue weighted by atomic mass is 9.98. The molecule has 6 aromatic carbocycles. The molecule has 0 aromatic heterocycles. The SMILES string of the molecule is CC(C)(C)OC(=O)C1CN(Cc2ccc(/C(N)=N/O)cc2)C1.CC(C)(C)OC(=O)C1CN(Cc2ccc(C#N)cc2)C1.CC(C)(C)OC(=O)C1CNC1.N#Cc1ccc(C=O)cc1.N#Cc1ccc(C=O)cc1.N#Cc1ccc(CN2CC(C(=O)O)C2)cc1.NO.O=C(O)C1CN(C(=O)OCc2ccccc2)C1.O=C(O)C1CNC1.O=C(O)C1CNC1. The first-order valence-corrected chi connectivity index (χ1v) is 38.9. The highest BCUT2D eigenvalue weighted by Gasteiger charge is 2.39. The van der Waals surface area contributed by atoms with E-state index in [2.05, 4.69) is 53.8 Å². The van der Waals surface area contributed by atoms with Gasteiger partial charge in [0.05, 0.1) is 88.0 Å². The highest BCUT2D eigenvalue weighted by molar-refractivity contribution is 5.97. The first-order chi connectivity index (χ1) is 57.8. The van der Waals surface area contributed by atoms with Gasteiger partial charge < -0.3 is 76.4 Å². The van der Waals surface area contributed by atoms with Gasteiger partial charge in [-0.05, 0) is 133 Å². The summed E-state index contributed by atoms with van der Waals surface area (Å²) >= 11 is 0. The molecule has 0 spiro atoms. The second-order valence-electron chi connectivity index (χ2n) is 31.8. The fourth-order valence-corrected chi connectivity index (χ4v) is 10.9. The molecular weight excluding hydrogens is 1570 g/mol. The summed E-state index contributed by atoms with van der Waals surface area (Å²) in [6.45, 7) is 28.3. The first kappa shape index (κ1) is 101. The second-order valence-corrected chi connectivity index (χ2v) is 31.8. The maximum atomic E-state index is 11.9. The summed E-state index contributed by atoms with van der Waals surface area (Å²) in [4.78, 5) is 116. The maximum absolute atomic E-state index is 11.9. The van der Waals surface area contributed by atoms with Crippen LogP contribution in [0.4, 0.5) is 4.79 Å². The molecule has 6 aromatic rings. The van der Waals surface area contributed by atoms with Crippen LogP contribution < -0.4 is 27.6 Å². The van der Waals surface area contributed by atoms with Crippen molar-refractivity contribution in [1.29, 1.82) is 21.0 Å². The molecule has 0 aliphatic carbocycles. The number of hydrogen-bond acceptors (Lipinski definition) is 28. The van der Waals surface area contributed by atoms with Crippen molar-refractivity contribution in [3.05, 3.63) is 213 Å². The van der Waals surface area contributed by atoms with E-state index >= 15 is 0 Å². The number of benzene rings is 6. The van der Waals surface area contributed by atoms with Gasteiger partial charge in [0, 0.05) is 128 Å². The largest absolute Gasteiger partial charge is 0.481 e. The fraction of sp³-hybridized carbons (Fsp3) is 0.420. The maximum Gasteiger partial charge on any atom is 0.410 e. The van der Waals surface area contributed by atoms with Crippen LogP contribution in [0.1, 0.15) is 133 Å².